The van der Waals surface area contributed by atoms with Crippen LogP contribution in [-0.2, 0) is 0 Å². The van der Waals surface area contributed by atoms with Crippen molar-refractivity contribution < 1.29 is 9.53 Å². The molecule has 0 saturated carbocycles. The van der Waals surface area contributed by atoms with Crippen LogP contribution in [0.1, 0.15) is 54.7 Å². The van der Waals surface area contributed by atoms with Gasteiger partial charge in [-0.1, -0.05) is 50.5 Å². The quantitative estimate of drug-likeness (QED) is 0.737. The number of nitrogens with one attached hydrogen (secondary N) is 2. The molecule has 0 aromatic heterocycles. The van der Waals surface area contributed by atoms with Crippen LogP contribution in [0.3, 0.4) is 0 Å². The molecule has 2 aromatic carbocycles. The van der Waals surface area contributed by atoms with Crippen molar-refractivity contribution in [1.82, 2.24) is 5.32 Å². The lowest BCUT2D eigenvalue weighted by atomic mass is 10.1. The molecular formula is C20H24N2O2. The Bertz CT molecular complexity index is 700. The molecule has 2 N–H and O–H groups in total. The lowest BCUT2D eigenvalue weighted by Crippen LogP contribution is -2.38. The fraction of sp³-hybridized carbons (Fsp3) is 0.350. The van der Waals surface area contributed by atoms with Gasteiger partial charge in [0.05, 0.1) is 12.2 Å². The third kappa shape index (κ3) is 3.88. The first-order valence-electron chi connectivity index (χ1n) is 8.67. The highest BCUT2D eigenvalue weighted by Gasteiger charge is 2.24. The van der Waals surface area contributed by atoms with Gasteiger partial charge in [0.2, 0.25) is 0 Å². The first kappa shape index (κ1) is 16.4. The molecule has 0 radical (unpaired) electrons. The van der Waals surface area contributed by atoms with E-state index in [1.54, 1.807) is 0 Å². The van der Waals surface area contributed by atoms with Crippen LogP contribution in [0.15, 0.2) is 48.5 Å². The van der Waals surface area contributed by atoms with E-state index in [1.807, 2.05) is 48.5 Å². The molecule has 4 nitrogen and oxygen atoms in total. The standard InChI is InChI=1S/C20H24N2O2/c1-2-3-4-7-13-24-16-10-8-9-15(14-16)19-21-18-12-6-5-11-17(18)20(23)22-19/h5-6,8-12,14,19,21H,2-4,7,13H2,1H3,(H,22,23). The number of hydrogen-bond acceptors (Lipinski definition) is 3. The molecule has 0 saturated heterocycles. The Kier molecular flexibility index (Phi) is 5.36. The van der Waals surface area contributed by atoms with Crippen LogP contribution in [0.5, 0.6) is 5.75 Å². The van der Waals surface area contributed by atoms with Crippen molar-refractivity contribution >= 4 is 11.6 Å². The van der Waals surface area contributed by atoms with Gasteiger partial charge in [-0.2, -0.15) is 0 Å². The lowest BCUT2D eigenvalue weighted by molar-refractivity contribution is 0.0935. The van der Waals surface area contributed by atoms with E-state index >= 15 is 0 Å². The van der Waals surface area contributed by atoms with E-state index in [9.17, 15) is 4.79 Å². The molecule has 0 aliphatic carbocycles. The summed E-state index contributed by atoms with van der Waals surface area (Å²) >= 11 is 0. The van der Waals surface area contributed by atoms with Crippen molar-refractivity contribution in [3.05, 3.63) is 59.7 Å². The Morgan fingerprint density at radius 1 is 1.00 bits per heavy atom. The monoisotopic (exact) mass is 324 g/mol. The number of amides is 1. The summed E-state index contributed by atoms with van der Waals surface area (Å²) in [5.74, 6) is 0.791. The number of anilines is 1. The topological polar surface area (TPSA) is 50.4 Å². The number of hydrogen-bond donors (Lipinski definition) is 2. The molecule has 1 aliphatic rings. The number of ether oxygens (including phenoxy) is 1. The zero-order chi connectivity index (χ0) is 16.8. The van der Waals surface area contributed by atoms with Crippen molar-refractivity contribution in [2.24, 2.45) is 0 Å². The highest BCUT2D eigenvalue weighted by molar-refractivity contribution is 6.01. The summed E-state index contributed by atoms with van der Waals surface area (Å²) in [6, 6.07) is 15.5. The first-order valence-corrected chi connectivity index (χ1v) is 8.67. The molecular weight excluding hydrogens is 300 g/mol. The van der Waals surface area contributed by atoms with E-state index < -0.39 is 0 Å². The molecule has 1 unspecified atom stereocenters. The van der Waals surface area contributed by atoms with Crippen LogP contribution in [0, 0.1) is 0 Å². The van der Waals surface area contributed by atoms with E-state index in [0.29, 0.717) is 5.56 Å². The average molecular weight is 324 g/mol. The van der Waals surface area contributed by atoms with Gasteiger partial charge in [0.1, 0.15) is 11.9 Å². The summed E-state index contributed by atoms with van der Waals surface area (Å²) in [7, 11) is 0. The number of rotatable bonds is 7. The maximum Gasteiger partial charge on any atom is 0.255 e. The first-order chi connectivity index (χ1) is 11.8. The third-order valence-corrected chi connectivity index (χ3v) is 4.21. The minimum atomic E-state index is -0.240. The Labute approximate surface area is 143 Å². The van der Waals surface area contributed by atoms with Gasteiger partial charge in [-0.15, -0.1) is 0 Å². The van der Waals surface area contributed by atoms with Gasteiger partial charge in [0.15, 0.2) is 0 Å². The van der Waals surface area contributed by atoms with E-state index in [0.717, 1.165) is 30.0 Å². The second-order valence-corrected chi connectivity index (χ2v) is 6.08. The summed E-state index contributed by atoms with van der Waals surface area (Å²) < 4.78 is 5.84. The third-order valence-electron chi connectivity index (χ3n) is 4.21. The minimum Gasteiger partial charge on any atom is -0.494 e. The summed E-state index contributed by atoms with van der Waals surface area (Å²) in [5.41, 5.74) is 2.53. The zero-order valence-electron chi connectivity index (χ0n) is 14.0. The normalized spacial score (nSPS) is 16.0. The molecule has 2 aromatic rings. The van der Waals surface area contributed by atoms with Gasteiger partial charge in [0, 0.05) is 5.69 Å². The number of fused-ring (bicyclic) bond motifs is 1. The molecule has 1 heterocycles. The van der Waals surface area contributed by atoms with Gasteiger partial charge in [-0.25, -0.2) is 0 Å². The molecule has 1 atom stereocenters. The van der Waals surface area contributed by atoms with E-state index in [2.05, 4.69) is 17.6 Å². The summed E-state index contributed by atoms with van der Waals surface area (Å²) in [6.45, 7) is 2.94. The van der Waals surface area contributed by atoms with Crippen molar-refractivity contribution in [2.45, 2.75) is 38.8 Å². The Morgan fingerprint density at radius 3 is 2.75 bits per heavy atom. The van der Waals surface area contributed by atoms with Crippen LogP contribution in [0.4, 0.5) is 5.69 Å². The number of benzene rings is 2. The summed E-state index contributed by atoms with van der Waals surface area (Å²) in [6.07, 6.45) is 4.51. The molecule has 0 fully saturated rings. The second kappa shape index (κ2) is 7.86. The maximum absolute atomic E-state index is 12.2. The Hall–Kier alpha value is -2.49. The van der Waals surface area contributed by atoms with Crippen LogP contribution in [0.2, 0.25) is 0 Å². The number of carbonyl (C=O) groups is 1. The molecule has 1 aliphatic heterocycles. The zero-order valence-corrected chi connectivity index (χ0v) is 14.0. The molecule has 4 heteroatoms. The van der Waals surface area contributed by atoms with Gasteiger partial charge in [-0.05, 0) is 36.2 Å². The molecule has 0 spiro atoms. The van der Waals surface area contributed by atoms with Crippen LogP contribution >= 0.6 is 0 Å². The number of para-hydroxylation sites is 1. The van der Waals surface area contributed by atoms with Gasteiger partial charge in [-0.3, -0.25) is 4.79 Å². The Morgan fingerprint density at radius 2 is 1.88 bits per heavy atom. The van der Waals surface area contributed by atoms with Gasteiger partial charge in [0.25, 0.3) is 5.91 Å². The fourth-order valence-corrected chi connectivity index (χ4v) is 2.88. The van der Waals surface area contributed by atoms with Crippen molar-refractivity contribution in [3.63, 3.8) is 0 Å². The van der Waals surface area contributed by atoms with Crippen molar-refractivity contribution in [3.8, 4) is 5.75 Å². The van der Waals surface area contributed by atoms with Crippen LogP contribution < -0.4 is 15.4 Å². The molecule has 24 heavy (non-hydrogen) atoms. The number of carbonyl (C=O) groups excluding carboxylic acids is 1. The average Bonchev–Trinajstić information content (AvgIpc) is 2.62. The van der Waals surface area contributed by atoms with E-state index in [1.165, 1.54) is 19.3 Å². The predicted octanol–water partition coefficient (Wildman–Crippen LogP) is 4.50. The SMILES string of the molecule is CCCCCCOc1cccc(C2NC(=O)c3ccccc3N2)c1. The lowest BCUT2D eigenvalue weighted by Gasteiger charge is -2.28. The minimum absolute atomic E-state index is 0.0553. The van der Waals surface area contributed by atoms with Crippen molar-refractivity contribution in [2.75, 3.05) is 11.9 Å². The van der Waals surface area contributed by atoms with Gasteiger partial charge >= 0.3 is 0 Å². The molecule has 126 valence electrons. The molecule has 0 bridgehead atoms. The highest BCUT2D eigenvalue weighted by Crippen LogP contribution is 2.27. The summed E-state index contributed by atoms with van der Waals surface area (Å²) in [5, 5.41) is 6.36. The number of unbranched alkanes of at least 4 members (excludes halogenated alkanes) is 3. The molecule has 1 amide bonds. The van der Waals surface area contributed by atoms with Crippen LogP contribution in [0.25, 0.3) is 0 Å². The van der Waals surface area contributed by atoms with E-state index in [-0.39, 0.29) is 12.1 Å². The van der Waals surface area contributed by atoms with E-state index in [4.69, 9.17) is 4.74 Å². The van der Waals surface area contributed by atoms with Crippen LogP contribution in [-0.4, -0.2) is 12.5 Å². The van der Waals surface area contributed by atoms with Gasteiger partial charge < -0.3 is 15.4 Å². The largest absolute Gasteiger partial charge is 0.494 e. The molecule has 3 rings (SSSR count). The summed E-state index contributed by atoms with van der Waals surface area (Å²) in [4.78, 5) is 12.2. The predicted molar refractivity (Wildman–Crippen MR) is 96.4 cm³/mol. The van der Waals surface area contributed by atoms with Crippen molar-refractivity contribution in [1.29, 1.82) is 0 Å². The Balaban J connectivity index is 1.65. The highest BCUT2D eigenvalue weighted by atomic mass is 16.5. The smallest absolute Gasteiger partial charge is 0.255 e. The second-order valence-electron chi connectivity index (χ2n) is 6.08. The fourth-order valence-electron chi connectivity index (χ4n) is 2.88. The maximum atomic E-state index is 12.2.